The lowest BCUT2D eigenvalue weighted by Gasteiger charge is -2.39. The number of halogens is 1. The summed E-state index contributed by atoms with van der Waals surface area (Å²) in [6.45, 7) is 11.1. The van der Waals surface area contributed by atoms with Crippen LogP contribution in [-0.4, -0.2) is 73.9 Å². The molecule has 1 fully saturated rings. The number of aliphatic imine (C=N–C) groups is 1. The monoisotopic (exact) mass is 520 g/mol. The van der Waals surface area contributed by atoms with Crippen LogP contribution in [0.4, 0.5) is 0 Å². The first kappa shape index (κ1) is 23.4. The van der Waals surface area contributed by atoms with Crippen LogP contribution in [0.1, 0.15) is 31.9 Å². The minimum atomic E-state index is -3.04. The van der Waals surface area contributed by atoms with E-state index >= 15 is 0 Å². The van der Waals surface area contributed by atoms with Crippen molar-refractivity contribution >= 4 is 39.8 Å². The summed E-state index contributed by atoms with van der Waals surface area (Å²) < 4.78 is 23.8. The molecule has 1 N–H and O–H groups in total. The maximum Gasteiger partial charge on any atom is 0.194 e. The van der Waals surface area contributed by atoms with Crippen molar-refractivity contribution in [2.45, 2.75) is 38.5 Å². The summed E-state index contributed by atoms with van der Waals surface area (Å²) in [5, 5.41) is 3.33. The molecule has 1 saturated heterocycles. The molecular formula is C20H33IN4O2S. The Morgan fingerprint density at radius 2 is 1.93 bits per heavy atom. The van der Waals surface area contributed by atoms with Crippen LogP contribution >= 0.6 is 24.0 Å². The topological polar surface area (TPSA) is 65.0 Å². The first-order valence-corrected chi connectivity index (χ1v) is 11.5. The van der Waals surface area contributed by atoms with Gasteiger partial charge in [-0.1, -0.05) is 24.3 Å². The maximum atomic E-state index is 12.3. The van der Waals surface area contributed by atoms with Crippen molar-refractivity contribution in [1.29, 1.82) is 0 Å². The van der Waals surface area contributed by atoms with E-state index in [-0.39, 0.29) is 29.7 Å². The average molecular weight is 520 g/mol. The van der Waals surface area contributed by atoms with Crippen molar-refractivity contribution in [2.75, 3.05) is 45.0 Å². The van der Waals surface area contributed by atoms with E-state index in [1.807, 2.05) is 20.8 Å². The van der Waals surface area contributed by atoms with E-state index in [2.05, 4.69) is 39.4 Å². The van der Waals surface area contributed by atoms with Gasteiger partial charge < -0.3 is 10.2 Å². The Balaban J connectivity index is 0.00000280. The Labute approximate surface area is 186 Å². The molecule has 0 bridgehead atoms. The van der Waals surface area contributed by atoms with Crippen molar-refractivity contribution in [3.63, 3.8) is 0 Å². The minimum Gasteiger partial charge on any atom is -0.357 e. The molecule has 3 rings (SSSR count). The summed E-state index contributed by atoms with van der Waals surface area (Å²) in [6, 6.07) is 8.66. The Morgan fingerprint density at radius 1 is 1.21 bits per heavy atom. The Hall–Kier alpha value is -0.870. The van der Waals surface area contributed by atoms with E-state index in [4.69, 9.17) is 4.99 Å². The molecule has 2 aliphatic rings. The standard InChI is InChI=1S/C20H32N4O2S.HI/c1-4-21-19(24-13-14-27(25,26)20(2,3)16-24)22-10-12-23-11-9-17-7-5-6-8-18(17)15-23;/h5-8H,4,9-16H2,1-3H3,(H,21,22);1H. The van der Waals surface area contributed by atoms with Gasteiger partial charge >= 0.3 is 0 Å². The molecule has 2 aliphatic heterocycles. The SMILES string of the molecule is CCNC(=NCCN1CCc2ccccc2C1)N1CCS(=O)(=O)C(C)(C)C1.I. The van der Waals surface area contributed by atoms with Crippen LogP contribution in [0, 0.1) is 0 Å². The fourth-order valence-corrected chi connectivity index (χ4v) is 5.16. The molecule has 1 aromatic rings. The highest BCUT2D eigenvalue weighted by Crippen LogP contribution is 2.23. The predicted molar refractivity (Wildman–Crippen MR) is 126 cm³/mol. The maximum absolute atomic E-state index is 12.3. The lowest BCUT2D eigenvalue weighted by Crippen LogP contribution is -2.57. The summed E-state index contributed by atoms with van der Waals surface area (Å²) in [6.07, 6.45) is 1.10. The summed E-state index contributed by atoms with van der Waals surface area (Å²) in [5.41, 5.74) is 2.88. The second-order valence-corrected chi connectivity index (χ2v) is 10.8. The van der Waals surface area contributed by atoms with Crippen LogP contribution in [-0.2, 0) is 22.8 Å². The van der Waals surface area contributed by atoms with E-state index in [1.54, 1.807) is 0 Å². The Bertz CT molecular complexity index is 795. The van der Waals surface area contributed by atoms with Crippen LogP contribution in [0.3, 0.4) is 0 Å². The van der Waals surface area contributed by atoms with E-state index in [9.17, 15) is 8.42 Å². The zero-order chi connectivity index (χ0) is 19.5. The number of rotatable bonds is 4. The Morgan fingerprint density at radius 3 is 2.61 bits per heavy atom. The molecule has 0 radical (unpaired) electrons. The number of fused-ring (bicyclic) bond motifs is 1. The van der Waals surface area contributed by atoms with E-state index in [1.165, 1.54) is 11.1 Å². The first-order valence-electron chi connectivity index (χ1n) is 9.87. The van der Waals surface area contributed by atoms with Crippen molar-refractivity contribution in [1.82, 2.24) is 15.1 Å². The number of hydrogen-bond acceptors (Lipinski definition) is 4. The van der Waals surface area contributed by atoms with Crippen molar-refractivity contribution in [3.05, 3.63) is 35.4 Å². The molecule has 6 nitrogen and oxygen atoms in total. The third-order valence-electron chi connectivity index (χ3n) is 5.57. The summed E-state index contributed by atoms with van der Waals surface area (Å²) in [7, 11) is -3.04. The van der Waals surface area contributed by atoms with Gasteiger partial charge in [0.05, 0.1) is 17.0 Å². The molecule has 0 spiro atoms. The average Bonchev–Trinajstić information content (AvgIpc) is 2.63. The normalized spacial score (nSPS) is 21.5. The van der Waals surface area contributed by atoms with Crippen LogP contribution < -0.4 is 5.32 Å². The van der Waals surface area contributed by atoms with Crippen molar-refractivity contribution < 1.29 is 8.42 Å². The van der Waals surface area contributed by atoms with Gasteiger partial charge in [0.25, 0.3) is 0 Å². The molecule has 8 heteroatoms. The molecule has 0 unspecified atom stereocenters. The van der Waals surface area contributed by atoms with Gasteiger partial charge in [-0.25, -0.2) is 8.42 Å². The van der Waals surface area contributed by atoms with E-state index in [0.717, 1.165) is 38.6 Å². The highest BCUT2D eigenvalue weighted by molar-refractivity contribution is 14.0. The summed E-state index contributed by atoms with van der Waals surface area (Å²) >= 11 is 0. The van der Waals surface area contributed by atoms with Gasteiger partial charge in [0.1, 0.15) is 0 Å². The second-order valence-electron chi connectivity index (χ2n) is 8.03. The fourth-order valence-electron chi connectivity index (χ4n) is 3.79. The molecular weight excluding hydrogens is 487 g/mol. The minimum absolute atomic E-state index is 0. The van der Waals surface area contributed by atoms with Crippen molar-refractivity contribution in [2.24, 2.45) is 4.99 Å². The number of nitrogens with zero attached hydrogens (tertiary/aromatic N) is 3. The number of guanidine groups is 1. The number of benzene rings is 1. The molecule has 1 aromatic carbocycles. The smallest absolute Gasteiger partial charge is 0.194 e. The number of hydrogen-bond donors (Lipinski definition) is 1. The van der Waals surface area contributed by atoms with E-state index < -0.39 is 14.6 Å². The van der Waals surface area contributed by atoms with Gasteiger partial charge in [-0.15, -0.1) is 24.0 Å². The highest BCUT2D eigenvalue weighted by Gasteiger charge is 2.40. The van der Waals surface area contributed by atoms with Crippen LogP contribution in [0.25, 0.3) is 0 Å². The molecule has 0 aromatic heterocycles. The van der Waals surface area contributed by atoms with Gasteiger partial charge in [0.2, 0.25) is 0 Å². The molecule has 0 amide bonds. The van der Waals surface area contributed by atoms with Crippen LogP contribution in [0.5, 0.6) is 0 Å². The molecule has 28 heavy (non-hydrogen) atoms. The lowest BCUT2D eigenvalue weighted by atomic mass is 10.00. The summed E-state index contributed by atoms with van der Waals surface area (Å²) in [5.74, 6) is 1.02. The molecule has 0 atom stereocenters. The quantitative estimate of drug-likeness (QED) is 0.375. The predicted octanol–water partition coefficient (Wildman–Crippen LogP) is 2.14. The van der Waals surface area contributed by atoms with Crippen LogP contribution in [0.2, 0.25) is 0 Å². The fraction of sp³-hybridized carbons (Fsp3) is 0.650. The Kier molecular flexibility index (Phi) is 8.16. The van der Waals surface area contributed by atoms with Gasteiger partial charge in [-0.05, 0) is 38.3 Å². The zero-order valence-electron chi connectivity index (χ0n) is 17.1. The molecule has 0 saturated carbocycles. The van der Waals surface area contributed by atoms with Gasteiger partial charge in [0.15, 0.2) is 15.8 Å². The summed E-state index contributed by atoms with van der Waals surface area (Å²) in [4.78, 5) is 9.33. The first-order chi connectivity index (χ1) is 12.8. The molecule has 158 valence electrons. The molecule has 2 heterocycles. The second kappa shape index (κ2) is 9.75. The largest absolute Gasteiger partial charge is 0.357 e. The third-order valence-corrected chi connectivity index (χ3v) is 8.10. The van der Waals surface area contributed by atoms with Crippen LogP contribution in [0.15, 0.2) is 29.3 Å². The van der Waals surface area contributed by atoms with E-state index in [0.29, 0.717) is 19.6 Å². The molecule has 0 aliphatic carbocycles. The highest BCUT2D eigenvalue weighted by atomic mass is 127. The lowest BCUT2D eigenvalue weighted by molar-refractivity contribution is 0.261. The number of nitrogens with one attached hydrogen (secondary N) is 1. The zero-order valence-corrected chi connectivity index (χ0v) is 20.3. The van der Waals surface area contributed by atoms with Gasteiger partial charge in [0, 0.05) is 39.3 Å². The number of sulfone groups is 1. The third kappa shape index (κ3) is 5.38. The van der Waals surface area contributed by atoms with Gasteiger partial charge in [-0.3, -0.25) is 9.89 Å². The van der Waals surface area contributed by atoms with Gasteiger partial charge in [-0.2, -0.15) is 0 Å². The van der Waals surface area contributed by atoms with Crippen molar-refractivity contribution in [3.8, 4) is 0 Å².